The van der Waals surface area contributed by atoms with Crippen LogP contribution in [0.15, 0.2) is 41.0 Å². The molecule has 2 rings (SSSR count). The molecule has 0 amide bonds. The number of nitrogens with two attached hydrogens (primary N) is 1. The van der Waals surface area contributed by atoms with Crippen molar-refractivity contribution in [1.29, 1.82) is 0 Å². The Hall–Kier alpha value is -1.27. The van der Waals surface area contributed by atoms with Crippen LogP contribution in [0.3, 0.4) is 0 Å². The van der Waals surface area contributed by atoms with Crippen LogP contribution in [-0.4, -0.2) is 15.7 Å². The molecule has 1 aromatic heterocycles. The van der Waals surface area contributed by atoms with Crippen molar-refractivity contribution in [2.24, 2.45) is 5.73 Å². The van der Waals surface area contributed by atoms with E-state index in [0.717, 1.165) is 10.2 Å². The molecule has 0 bridgehead atoms. The second kappa shape index (κ2) is 5.38. The maximum Gasteiger partial charge on any atom is 0.268 e. The molecular formula is C13H14BrF2N3. The van der Waals surface area contributed by atoms with Gasteiger partial charge >= 0.3 is 0 Å². The molecule has 6 heteroatoms. The minimum absolute atomic E-state index is 0.187. The number of aromatic nitrogens is 2. The van der Waals surface area contributed by atoms with E-state index in [1.807, 2.05) is 24.3 Å². The molecule has 102 valence electrons. The number of hydrogen-bond donors (Lipinski definition) is 1. The van der Waals surface area contributed by atoms with Gasteiger partial charge in [0.15, 0.2) is 0 Å². The van der Waals surface area contributed by atoms with Crippen LogP contribution in [0.2, 0.25) is 0 Å². The molecule has 0 saturated heterocycles. The van der Waals surface area contributed by atoms with E-state index >= 15 is 0 Å². The Kier molecular flexibility index (Phi) is 4.01. The summed E-state index contributed by atoms with van der Waals surface area (Å²) < 4.78 is 29.5. The summed E-state index contributed by atoms with van der Waals surface area (Å²) in [7, 11) is 0. The van der Waals surface area contributed by atoms with Crippen LogP contribution >= 0.6 is 15.9 Å². The summed E-state index contributed by atoms with van der Waals surface area (Å²) in [5.41, 5.74) is 6.54. The molecule has 1 atom stereocenters. The predicted molar refractivity (Wildman–Crippen MR) is 73.4 cm³/mol. The van der Waals surface area contributed by atoms with E-state index < -0.39 is 12.0 Å². The Bertz CT molecular complexity index is 569. The largest absolute Gasteiger partial charge is 0.318 e. The summed E-state index contributed by atoms with van der Waals surface area (Å²) in [6.45, 7) is 1.41. The Morgan fingerprint density at radius 2 is 2.16 bits per heavy atom. The second-order valence-corrected chi connectivity index (χ2v) is 5.17. The van der Waals surface area contributed by atoms with Crippen LogP contribution in [0.5, 0.6) is 0 Å². The molecule has 19 heavy (non-hydrogen) atoms. The minimum Gasteiger partial charge on any atom is -0.318 e. The van der Waals surface area contributed by atoms with Crippen molar-refractivity contribution in [2.75, 3.05) is 0 Å². The summed E-state index contributed by atoms with van der Waals surface area (Å²) in [6, 6.07) is 7.55. The summed E-state index contributed by atoms with van der Waals surface area (Å²) in [5.74, 6) is -2.95. The van der Waals surface area contributed by atoms with Crippen LogP contribution in [0.1, 0.15) is 25.1 Å². The van der Waals surface area contributed by atoms with Gasteiger partial charge in [0.2, 0.25) is 0 Å². The smallest absolute Gasteiger partial charge is 0.268 e. The van der Waals surface area contributed by atoms with Crippen molar-refractivity contribution < 1.29 is 8.78 Å². The van der Waals surface area contributed by atoms with Crippen molar-refractivity contribution in [3.8, 4) is 5.69 Å². The SMILES string of the molecule is CCC(F)(F)[C@H](N)c1ccn(-c2cccc(Br)c2)n1. The first-order valence-corrected chi connectivity index (χ1v) is 6.68. The zero-order valence-corrected chi connectivity index (χ0v) is 11.9. The van der Waals surface area contributed by atoms with Crippen molar-refractivity contribution >= 4 is 15.9 Å². The van der Waals surface area contributed by atoms with E-state index in [-0.39, 0.29) is 12.1 Å². The monoisotopic (exact) mass is 329 g/mol. The zero-order valence-electron chi connectivity index (χ0n) is 10.4. The number of alkyl halides is 2. The summed E-state index contributed by atoms with van der Waals surface area (Å²) in [6.07, 6.45) is 1.32. The van der Waals surface area contributed by atoms with E-state index in [0.29, 0.717) is 0 Å². The highest BCUT2D eigenvalue weighted by Crippen LogP contribution is 2.31. The van der Waals surface area contributed by atoms with Crippen LogP contribution in [0.4, 0.5) is 8.78 Å². The molecular weight excluding hydrogens is 316 g/mol. The lowest BCUT2D eigenvalue weighted by atomic mass is 10.1. The van der Waals surface area contributed by atoms with E-state index in [2.05, 4.69) is 21.0 Å². The van der Waals surface area contributed by atoms with Crippen molar-refractivity contribution in [3.63, 3.8) is 0 Å². The summed E-state index contributed by atoms with van der Waals surface area (Å²) >= 11 is 3.35. The molecule has 2 N–H and O–H groups in total. The standard InChI is InChI=1S/C13H14BrF2N3/c1-2-13(15,16)12(17)11-6-7-19(18-11)10-5-3-4-9(14)8-10/h3-8,12H,2,17H2,1H3/t12-/m1/s1. The number of hydrogen-bond acceptors (Lipinski definition) is 2. The van der Waals surface area contributed by atoms with Gasteiger partial charge in [-0.25, -0.2) is 13.5 Å². The fraction of sp³-hybridized carbons (Fsp3) is 0.308. The highest BCUT2D eigenvalue weighted by atomic mass is 79.9. The topological polar surface area (TPSA) is 43.8 Å². The van der Waals surface area contributed by atoms with E-state index in [1.165, 1.54) is 17.7 Å². The summed E-state index contributed by atoms with van der Waals surface area (Å²) in [4.78, 5) is 0. The Balaban J connectivity index is 2.29. The average molecular weight is 330 g/mol. The third-order valence-electron chi connectivity index (χ3n) is 2.93. The number of halogens is 3. The van der Waals surface area contributed by atoms with Gasteiger partial charge in [-0.15, -0.1) is 0 Å². The van der Waals surface area contributed by atoms with E-state index in [9.17, 15) is 8.78 Å². The summed E-state index contributed by atoms with van der Waals surface area (Å²) in [5, 5.41) is 4.13. The van der Waals surface area contributed by atoms with Gasteiger partial charge in [0.05, 0.1) is 11.4 Å². The molecule has 0 fully saturated rings. The maximum absolute atomic E-state index is 13.5. The third kappa shape index (κ3) is 3.01. The first-order valence-electron chi connectivity index (χ1n) is 5.89. The molecule has 0 unspecified atom stereocenters. The molecule has 1 heterocycles. The molecule has 0 aliphatic rings. The normalized spacial score (nSPS) is 13.5. The van der Waals surface area contributed by atoms with Gasteiger partial charge in [-0.1, -0.05) is 28.9 Å². The molecule has 2 aromatic rings. The lowest BCUT2D eigenvalue weighted by molar-refractivity contribution is -0.0309. The molecule has 0 radical (unpaired) electrons. The number of benzene rings is 1. The van der Waals surface area contributed by atoms with Gasteiger partial charge in [0, 0.05) is 17.1 Å². The van der Waals surface area contributed by atoms with Crippen molar-refractivity contribution in [3.05, 3.63) is 46.7 Å². The maximum atomic E-state index is 13.5. The average Bonchev–Trinajstić information content (AvgIpc) is 2.87. The Morgan fingerprint density at radius 3 is 2.79 bits per heavy atom. The van der Waals surface area contributed by atoms with Crippen molar-refractivity contribution in [2.45, 2.75) is 25.3 Å². The van der Waals surface area contributed by atoms with Crippen LogP contribution < -0.4 is 5.73 Å². The van der Waals surface area contributed by atoms with Gasteiger partial charge in [0.25, 0.3) is 5.92 Å². The van der Waals surface area contributed by atoms with Gasteiger partial charge in [-0.2, -0.15) is 5.10 Å². The molecule has 0 spiro atoms. The lowest BCUT2D eigenvalue weighted by Gasteiger charge is -2.20. The van der Waals surface area contributed by atoms with Crippen LogP contribution in [0, 0.1) is 0 Å². The molecule has 0 saturated carbocycles. The van der Waals surface area contributed by atoms with E-state index in [1.54, 1.807) is 6.20 Å². The molecule has 0 aliphatic carbocycles. The minimum atomic E-state index is -2.95. The highest BCUT2D eigenvalue weighted by Gasteiger charge is 2.37. The van der Waals surface area contributed by atoms with Gasteiger partial charge < -0.3 is 5.73 Å². The molecule has 0 aliphatic heterocycles. The van der Waals surface area contributed by atoms with Crippen molar-refractivity contribution in [1.82, 2.24) is 9.78 Å². The molecule has 1 aromatic carbocycles. The molecule has 3 nitrogen and oxygen atoms in total. The van der Waals surface area contributed by atoms with Gasteiger partial charge in [0.1, 0.15) is 6.04 Å². The number of nitrogens with zero attached hydrogens (tertiary/aromatic N) is 2. The fourth-order valence-electron chi connectivity index (χ4n) is 1.70. The van der Waals surface area contributed by atoms with Crippen LogP contribution in [-0.2, 0) is 0 Å². The Morgan fingerprint density at radius 1 is 1.42 bits per heavy atom. The van der Waals surface area contributed by atoms with Crippen LogP contribution in [0.25, 0.3) is 5.69 Å². The fourth-order valence-corrected chi connectivity index (χ4v) is 2.09. The highest BCUT2D eigenvalue weighted by molar-refractivity contribution is 9.10. The van der Waals surface area contributed by atoms with E-state index in [4.69, 9.17) is 5.73 Å². The lowest BCUT2D eigenvalue weighted by Crippen LogP contribution is -2.32. The quantitative estimate of drug-likeness (QED) is 0.929. The predicted octanol–water partition coefficient (Wildman–Crippen LogP) is 3.68. The number of rotatable bonds is 4. The Labute approximate surface area is 118 Å². The second-order valence-electron chi connectivity index (χ2n) is 4.26. The van der Waals surface area contributed by atoms with Gasteiger partial charge in [-0.3, -0.25) is 0 Å². The first-order chi connectivity index (χ1) is 8.94. The third-order valence-corrected chi connectivity index (χ3v) is 3.42. The first kappa shape index (κ1) is 14.1. The zero-order chi connectivity index (χ0) is 14.0. The van der Waals surface area contributed by atoms with Gasteiger partial charge in [-0.05, 0) is 24.3 Å².